The predicted molar refractivity (Wildman–Crippen MR) is 72.7 cm³/mol. The molecule has 0 bridgehead atoms. The van der Waals surface area contributed by atoms with Gasteiger partial charge in [-0.05, 0) is 36.3 Å². The van der Waals surface area contributed by atoms with Gasteiger partial charge in [0, 0.05) is 18.3 Å². The average Bonchev–Trinajstić information content (AvgIpc) is 3.22. The monoisotopic (exact) mass is 257 g/mol. The first kappa shape index (κ1) is 12.4. The lowest BCUT2D eigenvalue weighted by atomic mass is 9.79. The van der Waals surface area contributed by atoms with Crippen LogP contribution in [0.2, 0.25) is 0 Å². The first-order valence-electron chi connectivity index (χ1n) is 7.12. The van der Waals surface area contributed by atoms with E-state index in [4.69, 9.17) is 0 Å². The second-order valence-corrected chi connectivity index (χ2v) is 5.68. The molecule has 3 heteroatoms. The van der Waals surface area contributed by atoms with Crippen LogP contribution in [0.1, 0.15) is 55.6 Å². The zero-order valence-corrected chi connectivity index (χ0v) is 11.2. The first-order chi connectivity index (χ1) is 9.19. The summed E-state index contributed by atoms with van der Waals surface area (Å²) in [5.74, 6) is 0.442. The molecule has 0 aromatic heterocycles. The van der Waals surface area contributed by atoms with Crippen LogP contribution in [0.5, 0.6) is 0 Å². The minimum absolute atomic E-state index is 0.0412. The van der Waals surface area contributed by atoms with Gasteiger partial charge in [0.05, 0.1) is 0 Å². The third-order valence-electron chi connectivity index (χ3n) is 4.34. The van der Waals surface area contributed by atoms with Crippen molar-refractivity contribution < 1.29 is 9.59 Å². The minimum Gasteiger partial charge on any atom is -0.296 e. The Morgan fingerprint density at radius 1 is 1.11 bits per heavy atom. The molecule has 1 aromatic rings. The summed E-state index contributed by atoms with van der Waals surface area (Å²) in [6.07, 6.45) is 3.78. The fraction of sp³-hybridized carbons (Fsp3) is 0.500. The molecule has 3 nitrogen and oxygen atoms in total. The molecule has 1 saturated heterocycles. The fourth-order valence-electron chi connectivity index (χ4n) is 3.06. The highest BCUT2D eigenvalue weighted by molar-refractivity contribution is 5.99. The number of imide groups is 1. The molecule has 0 radical (unpaired) electrons. The molecule has 1 saturated carbocycles. The van der Waals surface area contributed by atoms with Crippen molar-refractivity contribution in [3.05, 3.63) is 35.4 Å². The lowest BCUT2D eigenvalue weighted by Crippen LogP contribution is -2.44. The normalized spacial score (nSPS) is 27.2. The van der Waals surface area contributed by atoms with Gasteiger partial charge in [-0.15, -0.1) is 0 Å². The van der Waals surface area contributed by atoms with Gasteiger partial charge in [-0.2, -0.15) is 0 Å². The molecule has 1 aromatic carbocycles. The van der Waals surface area contributed by atoms with Gasteiger partial charge in [0.25, 0.3) is 0 Å². The van der Waals surface area contributed by atoms with E-state index in [1.54, 1.807) is 0 Å². The maximum Gasteiger partial charge on any atom is 0.230 e. The molecule has 0 spiro atoms. The van der Waals surface area contributed by atoms with Gasteiger partial charge in [0.15, 0.2) is 0 Å². The molecule has 1 aliphatic carbocycles. The summed E-state index contributed by atoms with van der Waals surface area (Å²) in [7, 11) is 0. The van der Waals surface area contributed by atoms with Gasteiger partial charge < -0.3 is 0 Å². The van der Waals surface area contributed by atoms with E-state index in [9.17, 15) is 9.59 Å². The van der Waals surface area contributed by atoms with E-state index in [-0.39, 0.29) is 23.7 Å². The number of amides is 2. The molecule has 100 valence electrons. The van der Waals surface area contributed by atoms with Crippen molar-refractivity contribution in [2.75, 3.05) is 0 Å². The number of piperidine rings is 1. The molecular weight excluding hydrogens is 238 g/mol. The van der Waals surface area contributed by atoms with Crippen molar-refractivity contribution >= 4 is 11.8 Å². The predicted octanol–water partition coefficient (Wildman–Crippen LogP) is 2.72. The summed E-state index contributed by atoms with van der Waals surface area (Å²) in [5, 5.41) is 2.44. The maximum absolute atomic E-state index is 11.9. The fourth-order valence-corrected chi connectivity index (χ4v) is 3.06. The highest BCUT2D eigenvalue weighted by Crippen LogP contribution is 2.41. The van der Waals surface area contributed by atoms with Gasteiger partial charge in [0.1, 0.15) is 0 Å². The SMILES string of the molecule is CCC1C(=O)NC(=O)CC1c1ccc(C2CC2)cc1. The second kappa shape index (κ2) is 4.80. The van der Waals surface area contributed by atoms with Gasteiger partial charge in [0.2, 0.25) is 11.8 Å². The molecule has 2 unspecified atom stereocenters. The molecule has 1 aliphatic heterocycles. The topological polar surface area (TPSA) is 46.2 Å². The van der Waals surface area contributed by atoms with Crippen molar-refractivity contribution in [3.8, 4) is 0 Å². The van der Waals surface area contributed by atoms with Gasteiger partial charge in [-0.3, -0.25) is 14.9 Å². The lowest BCUT2D eigenvalue weighted by Gasteiger charge is -2.29. The molecule has 1 N–H and O–H groups in total. The summed E-state index contributed by atoms with van der Waals surface area (Å²) in [4.78, 5) is 23.4. The van der Waals surface area contributed by atoms with Crippen LogP contribution in [0.3, 0.4) is 0 Å². The highest BCUT2D eigenvalue weighted by atomic mass is 16.2. The van der Waals surface area contributed by atoms with Crippen molar-refractivity contribution in [3.63, 3.8) is 0 Å². The third-order valence-corrected chi connectivity index (χ3v) is 4.34. The van der Waals surface area contributed by atoms with Crippen LogP contribution < -0.4 is 5.32 Å². The highest BCUT2D eigenvalue weighted by Gasteiger charge is 2.35. The summed E-state index contributed by atoms with van der Waals surface area (Å²) >= 11 is 0. The number of benzene rings is 1. The van der Waals surface area contributed by atoms with E-state index in [1.165, 1.54) is 18.4 Å². The zero-order valence-electron chi connectivity index (χ0n) is 11.2. The molecule has 2 aliphatic rings. The Morgan fingerprint density at radius 3 is 2.32 bits per heavy atom. The number of nitrogens with one attached hydrogen (secondary N) is 1. The van der Waals surface area contributed by atoms with Crippen molar-refractivity contribution in [1.82, 2.24) is 5.32 Å². The van der Waals surface area contributed by atoms with E-state index in [0.29, 0.717) is 6.42 Å². The van der Waals surface area contributed by atoms with E-state index in [0.717, 1.165) is 17.9 Å². The van der Waals surface area contributed by atoms with Crippen LogP contribution in [0.15, 0.2) is 24.3 Å². The molecule has 1 heterocycles. The second-order valence-electron chi connectivity index (χ2n) is 5.68. The molecule has 2 amide bonds. The van der Waals surface area contributed by atoms with Gasteiger partial charge in [-0.1, -0.05) is 31.2 Å². The van der Waals surface area contributed by atoms with Crippen molar-refractivity contribution in [2.24, 2.45) is 5.92 Å². The number of carbonyl (C=O) groups excluding carboxylic acids is 2. The van der Waals surface area contributed by atoms with Gasteiger partial charge in [-0.25, -0.2) is 0 Å². The van der Waals surface area contributed by atoms with Crippen LogP contribution in [-0.2, 0) is 9.59 Å². The molecule has 3 rings (SSSR count). The smallest absolute Gasteiger partial charge is 0.230 e. The number of hydrogen-bond donors (Lipinski definition) is 1. The van der Waals surface area contributed by atoms with E-state index in [2.05, 4.69) is 29.6 Å². The number of rotatable bonds is 3. The standard InChI is InChI=1S/C16H19NO2/c1-2-13-14(9-15(18)17-16(13)19)12-7-5-11(6-8-12)10-3-4-10/h5-8,10,13-14H,2-4,9H2,1H3,(H,17,18,19). The first-order valence-corrected chi connectivity index (χ1v) is 7.12. The zero-order chi connectivity index (χ0) is 13.4. The molecular formula is C16H19NO2. The minimum atomic E-state index is -0.147. The summed E-state index contributed by atoms with van der Waals surface area (Å²) < 4.78 is 0. The van der Waals surface area contributed by atoms with Crippen molar-refractivity contribution in [1.29, 1.82) is 0 Å². The van der Waals surface area contributed by atoms with Crippen LogP contribution in [0.25, 0.3) is 0 Å². The third kappa shape index (κ3) is 2.42. The van der Waals surface area contributed by atoms with E-state index < -0.39 is 0 Å². The maximum atomic E-state index is 11.9. The lowest BCUT2D eigenvalue weighted by molar-refractivity contribution is -0.137. The quantitative estimate of drug-likeness (QED) is 0.846. The van der Waals surface area contributed by atoms with Gasteiger partial charge >= 0.3 is 0 Å². The largest absolute Gasteiger partial charge is 0.296 e. The Morgan fingerprint density at radius 2 is 1.74 bits per heavy atom. The summed E-state index contributed by atoms with van der Waals surface area (Å²) in [6.45, 7) is 2.01. The van der Waals surface area contributed by atoms with E-state index in [1.807, 2.05) is 6.92 Å². The van der Waals surface area contributed by atoms with Crippen molar-refractivity contribution in [2.45, 2.75) is 44.4 Å². The van der Waals surface area contributed by atoms with Crippen LogP contribution in [0.4, 0.5) is 0 Å². The molecule has 19 heavy (non-hydrogen) atoms. The Labute approximate surface area is 113 Å². The summed E-state index contributed by atoms with van der Waals surface area (Å²) in [5.41, 5.74) is 2.52. The molecule has 2 atom stereocenters. The Hall–Kier alpha value is -1.64. The van der Waals surface area contributed by atoms with Crippen LogP contribution in [-0.4, -0.2) is 11.8 Å². The molecule has 2 fully saturated rings. The Balaban J connectivity index is 1.85. The summed E-state index contributed by atoms with van der Waals surface area (Å²) in [6, 6.07) is 8.53. The van der Waals surface area contributed by atoms with Crippen LogP contribution >= 0.6 is 0 Å². The average molecular weight is 257 g/mol. The van der Waals surface area contributed by atoms with E-state index >= 15 is 0 Å². The number of carbonyl (C=O) groups is 2. The Kier molecular flexibility index (Phi) is 3.13. The number of hydrogen-bond acceptors (Lipinski definition) is 2. The van der Waals surface area contributed by atoms with Crippen LogP contribution in [0, 0.1) is 5.92 Å². The Bertz CT molecular complexity index is 502.